The van der Waals surface area contributed by atoms with E-state index < -0.39 is 0 Å². The summed E-state index contributed by atoms with van der Waals surface area (Å²) in [4.78, 5) is 4.64. The van der Waals surface area contributed by atoms with Crippen molar-refractivity contribution < 1.29 is 0 Å². The van der Waals surface area contributed by atoms with E-state index in [1.165, 1.54) is 0 Å². The van der Waals surface area contributed by atoms with Gasteiger partial charge in [-0.25, -0.2) is 4.98 Å². The second-order valence-corrected chi connectivity index (χ2v) is 4.83. The SMILES string of the molecule is CCn1c(Cc2nsnc2Cl)nc2ccccc21. The third-order valence-corrected chi connectivity index (χ3v) is 3.85. The van der Waals surface area contributed by atoms with E-state index in [0.29, 0.717) is 11.6 Å². The number of para-hydroxylation sites is 2. The molecular formula is C12H11ClN4S. The average molecular weight is 279 g/mol. The van der Waals surface area contributed by atoms with Crippen LogP contribution in [0.5, 0.6) is 0 Å². The summed E-state index contributed by atoms with van der Waals surface area (Å²) in [6, 6.07) is 8.12. The molecule has 0 fully saturated rings. The van der Waals surface area contributed by atoms with Crippen LogP contribution in [0.2, 0.25) is 5.15 Å². The fourth-order valence-corrected chi connectivity index (χ4v) is 2.78. The summed E-state index contributed by atoms with van der Waals surface area (Å²) in [5.74, 6) is 0.980. The number of aromatic nitrogens is 4. The van der Waals surface area contributed by atoms with E-state index in [9.17, 15) is 0 Å². The Morgan fingerprint density at radius 3 is 2.83 bits per heavy atom. The van der Waals surface area contributed by atoms with Crippen molar-refractivity contribution in [3.05, 3.63) is 40.9 Å². The predicted octanol–water partition coefficient (Wildman–Crippen LogP) is 3.15. The largest absolute Gasteiger partial charge is 0.328 e. The molecule has 4 nitrogen and oxygen atoms in total. The monoisotopic (exact) mass is 278 g/mol. The fourth-order valence-electron chi connectivity index (χ4n) is 2.06. The van der Waals surface area contributed by atoms with E-state index in [0.717, 1.165) is 40.8 Å². The van der Waals surface area contributed by atoms with Crippen LogP contribution in [-0.2, 0) is 13.0 Å². The molecule has 0 aliphatic rings. The first-order valence-electron chi connectivity index (χ1n) is 5.70. The molecule has 0 amide bonds. The molecule has 92 valence electrons. The molecule has 0 aliphatic carbocycles. The van der Waals surface area contributed by atoms with Crippen LogP contribution in [0.1, 0.15) is 18.4 Å². The van der Waals surface area contributed by atoms with Gasteiger partial charge in [-0.15, -0.1) is 0 Å². The minimum atomic E-state index is 0.481. The van der Waals surface area contributed by atoms with Crippen molar-refractivity contribution in [3.8, 4) is 0 Å². The maximum atomic E-state index is 5.98. The topological polar surface area (TPSA) is 43.6 Å². The minimum Gasteiger partial charge on any atom is -0.328 e. The number of fused-ring (bicyclic) bond motifs is 1. The number of aryl methyl sites for hydroxylation is 1. The lowest BCUT2D eigenvalue weighted by Gasteiger charge is -2.04. The molecule has 18 heavy (non-hydrogen) atoms. The fraction of sp³-hybridized carbons (Fsp3) is 0.250. The van der Waals surface area contributed by atoms with Crippen molar-refractivity contribution in [1.82, 2.24) is 18.3 Å². The van der Waals surface area contributed by atoms with Gasteiger partial charge in [0.25, 0.3) is 0 Å². The highest BCUT2D eigenvalue weighted by molar-refractivity contribution is 6.99. The number of imidazole rings is 1. The zero-order valence-electron chi connectivity index (χ0n) is 9.80. The van der Waals surface area contributed by atoms with E-state index in [-0.39, 0.29) is 0 Å². The van der Waals surface area contributed by atoms with Gasteiger partial charge in [-0.05, 0) is 19.1 Å². The third-order valence-electron chi connectivity index (χ3n) is 2.89. The van der Waals surface area contributed by atoms with Crippen molar-refractivity contribution in [1.29, 1.82) is 0 Å². The summed E-state index contributed by atoms with van der Waals surface area (Å²) in [5, 5.41) is 0.481. The number of rotatable bonds is 3. The molecule has 6 heteroatoms. The number of halogens is 1. The number of benzene rings is 1. The molecule has 0 radical (unpaired) electrons. The summed E-state index contributed by atoms with van der Waals surface area (Å²) in [6.45, 7) is 2.99. The molecule has 2 heterocycles. The second-order valence-electron chi connectivity index (χ2n) is 3.94. The van der Waals surface area contributed by atoms with Crippen molar-refractivity contribution in [3.63, 3.8) is 0 Å². The summed E-state index contributed by atoms with van der Waals surface area (Å²) < 4.78 is 10.4. The van der Waals surface area contributed by atoms with Gasteiger partial charge in [0.2, 0.25) is 0 Å². The summed E-state index contributed by atoms with van der Waals surface area (Å²) in [5.41, 5.74) is 2.95. The van der Waals surface area contributed by atoms with Crippen molar-refractivity contribution in [2.24, 2.45) is 0 Å². The zero-order valence-corrected chi connectivity index (χ0v) is 11.4. The van der Waals surface area contributed by atoms with Crippen LogP contribution in [0.3, 0.4) is 0 Å². The Labute approximate surface area is 114 Å². The smallest absolute Gasteiger partial charge is 0.166 e. The van der Waals surface area contributed by atoms with Gasteiger partial charge >= 0.3 is 0 Å². The van der Waals surface area contributed by atoms with Gasteiger partial charge in [-0.1, -0.05) is 23.7 Å². The van der Waals surface area contributed by atoms with Gasteiger partial charge in [0.15, 0.2) is 5.15 Å². The molecule has 0 bridgehead atoms. The average Bonchev–Trinajstić information content (AvgIpc) is 2.93. The molecule has 0 atom stereocenters. The lowest BCUT2D eigenvalue weighted by atomic mass is 10.3. The third kappa shape index (κ3) is 1.89. The highest BCUT2D eigenvalue weighted by atomic mass is 35.5. The van der Waals surface area contributed by atoms with Gasteiger partial charge in [0, 0.05) is 6.54 Å². The lowest BCUT2D eigenvalue weighted by Crippen LogP contribution is -2.03. The van der Waals surface area contributed by atoms with Crippen LogP contribution < -0.4 is 0 Å². The summed E-state index contributed by atoms with van der Waals surface area (Å²) in [7, 11) is 0. The van der Waals surface area contributed by atoms with E-state index in [2.05, 4.69) is 31.3 Å². The van der Waals surface area contributed by atoms with Crippen LogP contribution in [0.15, 0.2) is 24.3 Å². The normalized spacial score (nSPS) is 11.2. The molecule has 3 rings (SSSR count). The number of hydrogen-bond donors (Lipinski definition) is 0. The Hall–Kier alpha value is -1.46. The number of nitrogens with zero attached hydrogens (tertiary/aromatic N) is 4. The molecule has 0 N–H and O–H groups in total. The maximum Gasteiger partial charge on any atom is 0.166 e. The van der Waals surface area contributed by atoms with Gasteiger partial charge in [0.1, 0.15) is 11.5 Å². The van der Waals surface area contributed by atoms with Gasteiger partial charge in [-0.3, -0.25) is 0 Å². The highest BCUT2D eigenvalue weighted by Gasteiger charge is 2.13. The maximum absolute atomic E-state index is 5.98. The lowest BCUT2D eigenvalue weighted by molar-refractivity contribution is 0.731. The molecule has 0 spiro atoms. The summed E-state index contributed by atoms with van der Waals surface area (Å²) in [6.07, 6.45) is 0.623. The highest BCUT2D eigenvalue weighted by Crippen LogP contribution is 2.20. The van der Waals surface area contributed by atoms with Crippen molar-refractivity contribution in [2.45, 2.75) is 19.9 Å². The minimum absolute atomic E-state index is 0.481. The Balaban J connectivity index is 2.09. The molecule has 1 aromatic carbocycles. The van der Waals surface area contributed by atoms with Crippen LogP contribution in [-0.4, -0.2) is 18.3 Å². The molecular weight excluding hydrogens is 268 g/mol. The second kappa shape index (κ2) is 4.66. The zero-order chi connectivity index (χ0) is 12.5. The van der Waals surface area contributed by atoms with Crippen LogP contribution in [0, 0.1) is 0 Å². The van der Waals surface area contributed by atoms with E-state index >= 15 is 0 Å². The standard InChI is InChI=1S/C12H11ClN4S/c1-2-17-10-6-4-3-5-8(10)14-11(17)7-9-12(13)16-18-15-9/h3-6H,2,7H2,1H3. The van der Waals surface area contributed by atoms with Crippen molar-refractivity contribution >= 4 is 34.4 Å². The first-order chi connectivity index (χ1) is 8.79. The van der Waals surface area contributed by atoms with Gasteiger partial charge in [0.05, 0.1) is 29.2 Å². The summed E-state index contributed by atoms with van der Waals surface area (Å²) >= 11 is 7.12. The first kappa shape index (κ1) is 11.6. The van der Waals surface area contributed by atoms with E-state index in [1.807, 2.05) is 18.2 Å². The van der Waals surface area contributed by atoms with Crippen LogP contribution in [0.4, 0.5) is 0 Å². The van der Waals surface area contributed by atoms with Crippen LogP contribution in [0.25, 0.3) is 11.0 Å². The van der Waals surface area contributed by atoms with Crippen molar-refractivity contribution in [2.75, 3.05) is 0 Å². The molecule has 2 aromatic heterocycles. The quantitative estimate of drug-likeness (QED) is 0.739. The molecule has 0 saturated carbocycles. The van der Waals surface area contributed by atoms with Gasteiger partial charge in [-0.2, -0.15) is 8.75 Å². The predicted molar refractivity (Wildman–Crippen MR) is 73.1 cm³/mol. The van der Waals surface area contributed by atoms with E-state index in [1.54, 1.807) is 0 Å². The molecule has 0 aliphatic heterocycles. The van der Waals surface area contributed by atoms with E-state index in [4.69, 9.17) is 11.6 Å². The Morgan fingerprint density at radius 2 is 2.11 bits per heavy atom. The molecule has 0 saturated heterocycles. The molecule has 3 aromatic rings. The molecule has 0 unspecified atom stereocenters. The Morgan fingerprint density at radius 1 is 1.28 bits per heavy atom. The van der Waals surface area contributed by atoms with Crippen LogP contribution >= 0.6 is 23.3 Å². The Kier molecular flexibility index (Phi) is 3.01. The van der Waals surface area contributed by atoms with Gasteiger partial charge < -0.3 is 4.57 Å². The number of hydrogen-bond acceptors (Lipinski definition) is 4. The first-order valence-corrected chi connectivity index (χ1v) is 6.81. The Bertz CT molecular complexity index is 688.